The van der Waals surface area contributed by atoms with Crippen LogP contribution in [0.5, 0.6) is 5.75 Å². The van der Waals surface area contributed by atoms with Gasteiger partial charge in [0, 0.05) is 5.92 Å². The van der Waals surface area contributed by atoms with Crippen molar-refractivity contribution in [2.45, 2.75) is 51.9 Å². The maximum Gasteiger partial charge on any atom is 0.169 e. The SMILES string of the molecule is COc1ccc(C)cc1C(=O)C1CCCCCCC1. The van der Waals surface area contributed by atoms with Crippen molar-refractivity contribution >= 4 is 5.78 Å². The molecule has 1 saturated carbocycles. The minimum absolute atomic E-state index is 0.191. The molecular weight excluding hydrogens is 236 g/mol. The molecule has 0 N–H and O–H groups in total. The third kappa shape index (κ3) is 3.59. The van der Waals surface area contributed by atoms with Gasteiger partial charge >= 0.3 is 0 Å². The van der Waals surface area contributed by atoms with E-state index in [-0.39, 0.29) is 11.7 Å². The number of carbonyl (C=O) groups excluding carboxylic acids is 1. The maximum absolute atomic E-state index is 12.7. The summed E-state index contributed by atoms with van der Waals surface area (Å²) in [6.45, 7) is 2.02. The first-order valence-corrected chi connectivity index (χ1v) is 7.41. The van der Waals surface area contributed by atoms with E-state index < -0.39 is 0 Å². The first-order valence-electron chi connectivity index (χ1n) is 7.41. The van der Waals surface area contributed by atoms with E-state index in [1.807, 2.05) is 25.1 Å². The molecule has 104 valence electrons. The predicted molar refractivity (Wildman–Crippen MR) is 77.9 cm³/mol. The Labute approximate surface area is 116 Å². The standard InChI is InChI=1S/C17H24O2/c1-13-10-11-16(19-2)15(12-13)17(18)14-8-6-4-3-5-7-9-14/h10-12,14H,3-9H2,1-2H3. The van der Waals surface area contributed by atoms with Crippen LogP contribution in [0.4, 0.5) is 0 Å². The van der Waals surface area contributed by atoms with Gasteiger partial charge in [-0.05, 0) is 31.9 Å². The van der Waals surface area contributed by atoms with E-state index in [1.165, 1.54) is 32.1 Å². The van der Waals surface area contributed by atoms with Crippen LogP contribution in [0.2, 0.25) is 0 Å². The van der Waals surface area contributed by atoms with Crippen LogP contribution in [0.3, 0.4) is 0 Å². The summed E-state index contributed by atoms with van der Waals surface area (Å²) in [7, 11) is 1.64. The monoisotopic (exact) mass is 260 g/mol. The Hall–Kier alpha value is -1.31. The lowest BCUT2D eigenvalue weighted by molar-refractivity contribution is 0.0895. The van der Waals surface area contributed by atoms with Crippen LogP contribution in [-0.2, 0) is 0 Å². The summed E-state index contributed by atoms with van der Waals surface area (Å²) in [5, 5.41) is 0. The molecule has 2 rings (SSSR count). The van der Waals surface area contributed by atoms with Crippen molar-refractivity contribution in [1.29, 1.82) is 0 Å². The largest absolute Gasteiger partial charge is 0.496 e. The molecular formula is C17H24O2. The van der Waals surface area contributed by atoms with Gasteiger partial charge in [0.2, 0.25) is 0 Å². The van der Waals surface area contributed by atoms with Crippen molar-refractivity contribution < 1.29 is 9.53 Å². The van der Waals surface area contributed by atoms with E-state index in [9.17, 15) is 4.79 Å². The molecule has 1 aliphatic carbocycles. The molecule has 1 fully saturated rings. The molecule has 1 aromatic rings. The summed E-state index contributed by atoms with van der Waals surface area (Å²) in [5.41, 5.74) is 1.89. The number of rotatable bonds is 3. The molecule has 0 spiro atoms. The van der Waals surface area contributed by atoms with Crippen LogP contribution in [-0.4, -0.2) is 12.9 Å². The minimum atomic E-state index is 0.191. The van der Waals surface area contributed by atoms with Crippen molar-refractivity contribution in [2.75, 3.05) is 7.11 Å². The Balaban J connectivity index is 2.19. The number of aryl methyl sites for hydroxylation is 1. The summed E-state index contributed by atoms with van der Waals surface area (Å²) in [4.78, 5) is 12.7. The van der Waals surface area contributed by atoms with Gasteiger partial charge < -0.3 is 4.74 Å². The highest BCUT2D eigenvalue weighted by Crippen LogP contribution is 2.29. The van der Waals surface area contributed by atoms with Crippen molar-refractivity contribution in [3.05, 3.63) is 29.3 Å². The zero-order chi connectivity index (χ0) is 13.7. The molecule has 2 nitrogen and oxygen atoms in total. The average molecular weight is 260 g/mol. The quantitative estimate of drug-likeness (QED) is 0.745. The van der Waals surface area contributed by atoms with Gasteiger partial charge in [0.25, 0.3) is 0 Å². The highest BCUT2D eigenvalue weighted by molar-refractivity contribution is 6.00. The molecule has 0 heterocycles. The number of Topliss-reactive ketones (excluding diaryl/α,β-unsaturated/α-hetero) is 1. The van der Waals surface area contributed by atoms with E-state index in [2.05, 4.69) is 0 Å². The summed E-state index contributed by atoms with van der Waals surface area (Å²) in [6.07, 6.45) is 8.32. The number of carbonyl (C=O) groups is 1. The molecule has 0 aliphatic heterocycles. The number of ether oxygens (including phenoxy) is 1. The smallest absolute Gasteiger partial charge is 0.169 e. The molecule has 0 saturated heterocycles. The normalized spacial score (nSPS) is 17.6. The molecule has 1 aromatic carbocycles. The zero-order valence-electron chi connectivity index (χ0n) is 12.1. The van der Waals surface area contributed by atoms with Crippen LogP contribution in [0.1, 0.15) is 60.9 Å². The molecule has 0 aromatic heterocycles. The minimum Gasteiger partial charge on any atom is -0.496 e. The third-order valence-electron chi connectivity index (χ3n) is 4.10. The highest BCUT2D eigenvalue weighted by Gasteiger charge is 2.23. The molecule has 0 radical (unpaired) electrons. The van der Waals surface area contributed by atoms with Crippen LogP contribution in [0.25, 0.3) is 0 Å². The average Bonchev–Trinajstić information content (AvgIpc) is 2.37. The van der Waals surface area contributed by atoms with Crippen molar-refractivity contribution in [3.8, 4) is 5.75 Å². The second kappa shape index (κ2) is 6.74. The second-order valence-electron chi connectivity index (χ2n) is 5.61. The summed E-state index contributed by atoms with van der Waals surface area (Å²) < 4.78 is 5.35. The fraction of sp³-hybridized carbons (Fsp3) is 0.588. The van der Waals surface area contributed by atoms with E-state index in [1.54, 1.807) is 7.11 Å². The Bertz CT molecular complexity index is 429. The van der Waals surface area contributed by atoms with Gasteiger partial charge in [0.15, 0.2) is 5.78 Å². The van der Waals surface area contributed by atoms with Crippen molar-refractivity contribution in [1.82, 2.24) is 0 Å². The molecule has 1 aliphatic rings. The molecule has 0 amide bonds. The maximum atomic E-state index is 12.7. The van der Waals surface area contributed by atoms with Gasteiger partial charge in [0.1, 0.15) is 5.75 Å². The van der Waals surface area contributed by atoms with Gasteiger partial charge in [-0.2, -0.15) is 0 Å². The Morgan fingerprint density at radius 3 is 2.37 bits per heavy atom. The number of hydrogen-bond donors (Lipinski definition) is 0. The van der Waals surface area contributed by atoms with E-state index >= 15 is 0 Å². The number of benzene rings is 1. The van der Waals surface area contributed by atoms with Crippen LogP contribution in [0.15, 0.2) is 18.2 Å². The molecule has 0 bridgehead atoms. The summed E-state index contributed by atoms with van der Waals surface area (Å²) >= 11 is 0. The van der Waals surface area contributed by atoms with E-state index in [0.717, 1.165) is 29.7 Å². The van der Waals surface area contributed by atoms with Gasteiger partial charge in [-0.3, -0.25) is 4.79 Å². The topological polar surface area (TPSA) is 26.3 Å². The fourth-order valence-electron chi connectivity index (χ4n) is 2.95. The summed E-state index contributed by atoms with van der Waals surface area (Å²) in [5.74, 6) is 1.19. The number of hydrogen-bond acceptors (Lipinski definition) is 2. The van der Waals surface area contributed by atoms with Crippen LogP contribution in [0, 0.1) is 12.8 Å². The molecule has 19 heavy (non-hydrogen) atoms. The Kier molecular flexibility index (Phi) is 5.00. The van der Waals surface area contributed by atoms with Crippen molar-refractivity contribution in [2.24, 2.45) is 5.92 Å². The van der Waals surface area contributed by atoms with Gasteiger partial charge in [-0.15, -0.1) is 0 Å². The lowest BCUT2D eigenvalue weighted by atomic mass is 9.85. The first-order chi connectivity index (χ1) is 9.22. The predicted octanol–water partition coefficient (Wildman–Crippen LogP) is 4.55. The summed E-state index contributed by atoms with van der Waals surface area (Å²) in [6, 6.07) is 5.87. The van der Waals surface area contributed by atoms with Crippen LogP contribution < -0.4 is 4.74 Å². The number of ketones is 1. The lowest BCUT2D eigenvalue weighted by Gasteiger charge is -2.19. The van der Waals surface area contributed by atoms with Crippen LogP contribution >= 0.6 is 0 Å². The van der Waals surface area contributed by atoms with Gasteiger partial charge in [0.05, 0.1) is 12.7 Å². The van der Waals surface area contributed by atoms with E-state index in [4.69, 9.17) is 4.74 Å². The molecule has 0 atom stereocenters. The van der Waals surface area contributed by atoms with Gasteiger partial charge in [-0.25, -0.2) is 0 Å². The van der Waals surface area contributed by atoms with Crippen molar-refractivity contribution in [3.63, 3.8) is 0 Å². The molecule has 0 unspecified atom stereocenters. The Morgan fingerprint density at radius 1 is 1.11 bits per heavy atom. The highest BCUT2D eigenvalue weighted by atomic mass is 16.5. The van der Waals surface area contributed by atoms with Gasteiger partial charge in [-0.1, -0.05) is 43.7 Å². The third-order valence-corrected chi connectivity index (χ3v) is 4.10. The second-order valence-corrected chi connectivity index (χ2v) is 5.61. The first kappa shape index (κ1) is 14.1. The Morgan fingerprint density at radius 2 is 1.74 bits per heavy atom. The lowest BCUT2D eigenvalue weighted by Crippen LogP contribution is -2.17. The number of methoxy groups -OCH3 is 1. The van der Waals surface area contributed by atoms with E-state index in [0.29, 0.717) is 0 Å². The fourth-order valence-corrected chi connectivity index (χ4v) is 2.95. The zero-order valence-corrected chi connectivity index (χ0v) is 12.1. The molecule has 2 heteroatoms.